The number of rotatable bonds is 12. The van der Waals surface area contributed by atoms with E-state index in [4.69, 9.17) is 9.47 Å². The molecule has 2 fully saturated rings. The van der Waals surface area contributed by atoms with Gasteiger partial charge in [-0.25, -0.2) is 0 Å². The first-order chi connectivity index (χ1) is 18.6. The fourth-order valence-corrected chi connectivity index (χ4v) is 5.42. The molecule has 1 aliphatic carbocycles. The zero-order chi connectivity index (χ0) is 28.2. The molecule has 0 radical (unpaired) electrons. The molecule has 1 saturated heterocycles. The molecule has 0 spiro atoms. The van der Waals surface area contributed by atoms with E-state index in [1.807, 2.05) is 37.2 Å². The highest BCUT2D eigenvalue weighted by molar-refractivity contribution is 6.04. The number of hydrogen-bond acceptors (Lipinski definition) is 7. The summed E-state index contributed by atoms with van der Waals surface area (Å²) in [6.45, 7) is 7.29. The van der Waals surface area contributed by atoms with E-state index in [2.05, 4.69) is 15.5 Å². The SMILES string of the molecule is COCCCN1C(=O)C(C)(C)Oc2ccc(N(C(=O)[C@H]3CNC[C@@H](C(=O)NCCCN(C)C)C3)C3CC3)cc21. The van der Waals surface area contributed by atoms with Gasteiger partial charge in [0.1, 0.15) is 5.75 Å². The number of ether oxygens (including phenoxy) is 2. The van der Waals surface area contributed by atoms with Gasteiger partial charge >= 0.3 is 0 Å². The van der Waals surface area contributed by atoms with Crippen molar-refractivity contribution < 1.29 is 23.9 Å². The van der Waals surface area contributed by atoms with E-state index in [0.717, 1.165) is 31.5 Å². The first-order valence-corrected chi connectivity index (χ1v) is 14.2. The average Bonchev–Trinajstić information content (AvgIpc) is 3.74. The second-order valence-corrected chi connectivity index (χ2v) is 11.7. The Morgan fingerprint density at radius 2 is 1.92 bits per heavy atom. The number of hydrogen-bond donors (Lipinski definition) is 2. The van der Waals surface area contributed by atoms with Gasteiger partial charge in [-0.3, -0.25) is 14.4 Å². The van der Waals surface area contributed by atoms with Gasteiger partial charge in [0.05, 0.1) is 17.5 Å². The number of amides is 3. The quantitative estimate of drug-likeness (QED) is 0.389. The summed E-state index contributed by atoms with van der Waals surface area (Å²) in [5.41, 5.74) is 0.483. The lowest BCUT2D eigenvalue weighted by atomic mass is 9.88. The number of benzene rings is 1. The highest BCUT2D eigenvalue weighted by Crippen LogP contribution is 2.43. The van der Waals surface area contributed by atoms with Gasteiger partial charge in [0.25, 0.3) is 5.91 Å². The third kappa shape index (κ3) is 7.10. The summed E-state index contributed by atoms with van der Waals surface area (Å²) in [6, 6.07) is 5.83. The lowest BCUT2D eigenvalue weighted by Crippen LogP contribution is -2.53. The lowest BCUT2D eigenvalue weighted by molar-refractivity contribution is -0.132. The molecule has 1 aromatic carbocycles. The predicted molar refractivity (Wildman–Crippen MR) is 151 cm³/mol. The fourth-order valence-electron chi connectivity index (χ4n) is 5.42. The molecule has 0 bridgehead atoms. The maximum Gasteiger partial charge on any atom is 0.270 e. The minimum atomic E-state index is -0.969. The van der Waals surface area contributed by atoms with Crippen LogP contribution in [0.1, 0.15) is 46.0 Å². The van der Waals surface area contributed by atoms with E-state index < -0.39 is 5.60 Å². The van der Waals surface area contributed by atoms with Crippen molar-refractivity contribution in [3.05, 3.63) is 18.2 Å². The van der Waals surface area contributed by atoms with Gasteiger partial charge in [0.2, 0.25) is 11.8 Å². The largest absolute Gasteiger partial charge is 0.476 e. The summed E-state index contributed by atoms with van der Waals surface area (Å²) in [4.78, 5) is 45.8. The summed E-state index contributed by atoms with van der Waals surface area (Å²) in [6.07, 6.45) is 4.00. The third-order valence-corrected chi connectivity index (χ3v) is 7.67. The molecule has 1 aromatic rings. The number of nitrogens with zero attached hydrogens (tertiary/aromatic N) is 3. The number of nitrogens with one attached hydrogen (secondary N) is 2. The number of fused-ring (bicyclic) bond motifs is 1. The van der Waals surface area contributed by atoms with Gasteiger partial charge < -0.3 is 34.8 Å². The van der Waals surface area contributed by atoms with Gasteiger partial charge in [0.15, 0.2) is 5.60 Å². The van der Waals surface area contributed by atoms with Crippen molar-refractivity contribution in [2.75, 3.05) is 70.3 Å². The monoisotopic (exact) mass is 543 g/mol. The molecule has 2 aliphatic heterocycles. The number of anilines is 2. The van der Waals surface area contributed by atoms with E-state index in [1.165, 1.54) is 0 Å². The average molecular weight is 544 g/mol. The lowest BCUT2D eigenvalue weighted by Gasteiger charge is -2.39. The molecular formula is C29H45N5O5. The van der Waals surface area contributed by atoms with Crippen LogP contribution in [-0.4, -0.2) is 94.8 Å². The van der Waals surface area contributed by atoms with Gasteiger partial charge in [0, 0.05) is 51.6 Å². The first-order valence-electron chi connectivity index (χ1n) is 14.2. The van der Waals surface area contributed by atoms with Crippen LogP contribution in [0.2, 0.25) is 0 Å². The topological polar surface area (TPSA) is 103 Å². The molecular weight excluding hydrogens is 498 g/mol. The minimum absolute atomic E-state index is 0.00971. The normalized spacial score (nSPS) is 22.3. The van der Waals surface area contributed by atoms with Crippen LogP contribution in [0.15, 0.2) is 18.2 Å². The number of piperidine rings is 1. The van der Waals surface area contributed by atoms with Gasteiger partial charge in [-0.1, -0.05) is 0 Å². The molecule has 3 aliphatic rings. The van der Waals surface area contributed by atoms with Gasteiger partial charge in [-0.2, -0.15) is 0 Å². The van der Waals surface area contributed by atoms with E-state index >= 15 is 0 Å². The third-order valence-electron chi connectivity index (χ3n) is 7.67. The second-order valence-electron chi connectivity index (χ2n) is 11.7. The summed E-state index contributed by atoms with van der Waals surface area (Å²) in [5.74, 6) is 0.0429. The molecule has 2 N–H and O–H groups in total. The van der Waals surface area contributed by atoms with Crippen molar-refractivity contribution in [3.8, 4) is 5.75 Å². The maximum absolute atomic E-state index is 13.9. The Morgan fingerprint density at radius 3 is 2.62 bits per heavy atom. The zero-order valence-electron chi connectivity index (χ0n) is 24.1. The Balaban J connectivity index is 1.49. The second kappa shape index (κ2) is 12.7. The zero-order valence-corrected chi connectivity index (χ0v) is 24.1. The Labute approximate surface area is 232 Å². The van der Waals surface area contributed by atoms with Crippen LogP contribution in [0, 0.1) is 11.8 Å². The first kappa shape index (κ1) is 29.3. The molecule has 39 heavy (non-hydrogen) atoms. The van der Waals surface area contributed by atoms with Crippen LogP contribution in [0.4, 0.5) is 11.4 Å². The molecule has 10 nitrogen and oxygen atoms in total. The van der Waals surface area contributed by atoms with Gasteiger partial charge in [-0.15, -0.1) is 0 Å². The van der Waals surface area contributed by atoms with Crippen molar-refractivity contribution in [2.24, 2.45) is 11.8 Å². The van der Waals surface area contributed by atoms with Crippen LogP contribution >= 0.6 is 0 Å². The van der Waals surface area contributed by atoms with Crippen molar-refractivity contribution in [3.63, 3.8) is 0 Å². The van der Waals surface area contributed by atoms with Crippen LogP contribution in [-0.2, 0) is 19.1 Å². The Morgan fingerprint density at radius 1 is 1.18 bits per heavy atom. The van der Waals surface area contributed by atoms with Crippen LogP contribution in [0.3, 0.4) is 0 Å². The van der Waals surface area contributed by atoms with E-state index in [1.54, 1.807) is 25.9 Å². The van der Waals surface area contributed by atoms with Crippen molar-refractivity contribution in [1.29, 1.82) is 0 Å². The molecule has 0 unspecified atom stereocenters. The van der Waals surface area contributed by atoms with E-state index in [0.29, 0.717) is 57.1 Å². The summed E-state index contributed by atoms with van der Waals surface area (Å²) in [7, 11) is 5.68. The summed E-state index contributed by atoms with van der Waals surface area (Å²) < 4.78 is 11.3. The summed E-state index contributed by atoms with van der Waals surface area (Å²) >= 11 is 0. The molecule has 1 saturated carbocycles. The fraction of sp³-hybridized carbons (Fsp3) is 0.690. The van der Waals surface area contributed by atoms with Crippen molar-refractivity contribution >= 4 is 29.1 Å². The standard InChI is InChI=1S/C29H45N5O5/c1-29(2)28(37)33(14-7-15-38-5)24-17-23(10-11-25(24)39-29)34(22-8-9-22)27(36)21-16-20(18-30-19-21)26(35)31-12-6-13-32(3)4/h10-11,17,20-22,30H,6-9,12-16,18-19H2,1-5H3,(H,31,35)/t20-,21+/m0/s1. The highest BCUT2D eigenvalue weighted by atomic mass is 16.5. The molecule has 2 atom stereocenters. The van der Waals surface area contributed by atoms with Crippen LogP contribution in [0.25, 0.3) is 0 Å². The van der Waals surface area contributed by atoms with Crippen LogP contribution in [0.5, 0.6) is 5.75 Å². The predicted octanol–water partition coefficient (Wildman–Crippen LogP) is 2.02. The maximum atomic E-state index is 13.9. The van der Waals surface area contributed by atoms with E-state index in [9.17, 15) is 14.4 Å². The Bertz CT molecular complexity index is 1040. The molecule has 216 valence electrons. The molecule has 3 amide bonds. The van der Waals surface area contributed by atoms with Gasteiger partial charge in [-0.05, 0) is 84.8 Å². The number of carbonyl (C=O) groups is 3. The molecule has 10 heteroatoms. The van der Waals surface area contributed by atoms with Crippen molar-refractivity contribution in [1.82, 2.24) is 15.5 Å². The van der Waals surface area contributed by atoms with E-state index in [-0.39, 0.29) is 35.6 Å². The Hall–Kier alpha value is -2.69. The number of methoxy groups -OCH3 is 1. The number of carbonyl (C=O) groups excluding carboxylic acids is 3. The van der Waals surface area contributed by atoms with Crippen molar-refractivity contribution in [2.45, 2.75) is 57.6 Å². The highest BCUT2D eigenvalue weighted by Gasteiger charge is 2.43. The van der Waals surface area contributed by atoms with Crippen LogP contribution < -0.4 is 25.2 Å². The smallest absolute Gasteiger partial charge is 0.270 e. The molecule has 0 aromatic heterocycles. The summed E-state index contributed by atoms with van der Waals surface area (Å²) in [5, 5.41) is 6.36. The minimum Gasteiger partial charge on any atom is -0.476 e. The Kier molecular flexibility index (Phi) is 9.51. The molecule has 2 heterocycles. The molecule has 4 rings (SSSR count).